The maximum atomic E-state index is 13.3. The molecule has 1 aliphatic heterocycles. The minimum absolute atomic E-state index is 0.0196. The number of hydrogen-bond donors (Lipinski definition) is 3. The van der Waals surface area contributed by atoms with Crippen LogP contribution in [0.2, 0.25) is 0 Å². The first-order chi connectivity index (χ1) is 13.8. The van der Waals surface area contributed by atoms with E-state index in [4.69, 9.17) is 21.7 Å². The van der Waals surface area contributed by atoms with Crippen molar-refractivity contribution in [2.45, 2.75) is 32.6 Å². The number of carbonyl (C=O) groups is 1. The molecule has 1 aliphatic carbocycles. The molecule has 0 saturated heterocycles. The number of ether oxygens (including phenoxy) is 2. The van der Waals surface area contributed by atoms with Crippen molar-refractivity contribution < 1.29 is 14.3 Å². The lowest BCUT2D eigenvalue weighted by Crippen LogP contribution is -2.37. The number of anilines is 1. The first kappa shape index (κ1) is 19.4. The third-order valence-electron chi connectivity index (χ3n) is 5.50. The molecule has 0 saturated carbocycles. The number of Topliss-reactive ketones (excluding diaryl/α,β-unsaturated/α-hetero) is 1. The van der Waals surface area contributed by atoms with Crippen LogP contribution in [0.4, 0.5) is 5.82 Å². The van der Waals surface area contributed by atoms with Gasteiger partial charge in [0.15, 0.2) is 22.1 Å². The van der Waals surface area contributed by atoms with Gasteiger partial charge in [-0.15, -0.1) is 0 Å². The average molecular weight is 413 g/mol. The summed E-state index contributed by atoms with van der Waals surface area (Å²) in [4.78, 5) is 31.9. The van der Waals surface area contributed by atoms with Crippen LogP contribution < -0.4 is 20.3 Å². The topological polar surface area (TPSA) is 96.2 Å². The maximum absolute atomic E-state index is 13.3. The van der Waals surface area contributed by atoms with E-state index in [1.165, 1.54) is 0 Å². The number of methoxy groups -OCH3 is 2. The number of para-hydroxylation sites is 1. The summed E-state index contributed by atoms with van der Waals surface area (Å²) in [5.41, 5.74) is 2.00. The summed E-state index contributed by atoms with van der Waals surface area (Å²) < 4.78 is 11.3. The molecule has 1 aromatic carbocycles. The van der Waals surface area contributed by atoms with Crippen molar-refractivity contribution in [3.8, 4) is 11.5 Å². The van der Waals surface area contributed by atoms with Gasteiger partial charge in [0.2, 0.25) is 0 Å². The van der Waals surface area contributed by atoms with Crippen molar-refractivity contribution in [2.75, 3.05) is 19.5 Å². The SMILES string of the molecule is COc1cccc([C@@H]2C3=C(CC(C)(C)CC3=O)Nc3[nH]c(=S)[nH]c(=O)c32)c1OC. The number of hydrogen-bond acceptors (Lipinski definition) is 6. The third-order valence-corrected chi connectivity index (χ3v) is 5.70. The van der Waals surface area contributed by atoms with Crippen LogP contribution in [0, 0.1) is 10.2 Å². The summed E-state index contributed by atoms with van der Waals surface area (Å²) in [6, 6.07) is 5.48. The monoisotopic (exact) mass is 413 g/mol. The molecule has 0 fully saturated rings. The van der Waals surface area contributed by atoms with Crippen LogP contribution in [-0.4, -0.2) is 30.0 Å². The Morgan fingerprint density at radius 2 is 1.86 bits per heavy atom. The van der Waals surface area contributed by atoms with Gasteiger partial charge in [0.1, 0.15) is 5.82 Å². The quantitative estimate of drug-likeness (QED) is 0.665. The predicted molar refractivity (Wildman–Crippen MR) is 112 cm³/mol. The number of carbonyl (C=O) groups excluding carboxylic acids is 1. The average Bonchev–Trinajstić information content (AvgIpc) is 2.64. The highest BCUT2D eigenvalue weighted by Crippen LogP contribution is 2.50. The molecule has 0 radical (unpaired) electrons. The van der Waals surface area contributed by atoms with E-state index in [0.29, 0.717) is 46.9 Å². The predicted octanol–water partition coefficient (Wildman–Crippen LogP) is 3.65. The number of benzene rings is 1. The summed E-state index contributed by atoms with van der Waals surface area (Å²) in [6.07, 6.45) is 1.09. The number of nitrogens with one attached hydrogen (secondary N) is 3. The normalized spacial score (nSPS) is 19.9. The van der Waals surface area contributed by atoms with Gasteiger partial charge in [-0.05, 0) is 30.1 Å². The zero-order valence-corrected chi connectivity index (χ0v) is 17.6. The summed E-state index contributed by atoms with van der Waals surface area (Å²) in [5.74, 6) is 0.977. The molecule has 0 unspecified atom stereocenters. The first-order valence-corrected chi connectivity index (χ1v) is 9.77. The lowest BCUT2D eigenvalue weighted by atomic mass is 9.69. The summed E-state index contributed by atoms with van der Waals surface area (Å²) in [6.45, 7) is 4.13. The number of ketones is 1. The van der Waals surface area contributed by atoms with Gasteiger partial charge in [-0.3, -0.25) is 14.6 Å². The van der Waals surface area contributed by atoms with Crippen molar-refractivity contribution >= 4 is 23.8 Å². The lowest BCUT2D eigenvalue weighted by molar-refractivity contribution is -0.118. The van der Waals surface area contributed by atoms with E-state index in [1.807, 2.05) is 12.1 Å². The maximum Gasteiger partial charge on any atom is 0.257 e. The minimum atomic E-state index is -0.592. The fraction of sp³-hybridized carbons (Fsp3) is 0.381. The molecule has 2 aromatic rings. The molecule has 2 heterocycles. The van der Waals surface area contributed by atoms with Gasteiger partial charge < -0.3 is 19.8 Å². The van der Waals surface area contributed by atoms with Crippen molar-refractivity contribution in [1.82, 2.24) is 9.97 Å². The van der Waals surface area contributed by atoms with Crippen LogP contribution in [0.1, 0.15) is 43.7 Å². The van der Waals surface area contributed by atoms with Crippen LogP contribution in [-0.2, 0) is 4.79 Å². The zero-order valence-electron chi connectivity index (χ0n) is 16.8. The number of H-pyrrole nitrogens is 2. The van der Waals surface area contributed by atoms with Crippen molar-refractivity contribution in [2.24, 2.45) is 5.41 Å². The fourth-order valence-corrected chi connectivity index (χ4v) is 4.59. The Labute approximate surface area is 173 Å². The molecule has 1 aromatic heterocycles. The Balaban J connectivity index is 2.06. The molecule has 3 N–H and O–H groups in total. The molecular formula is C21H23N3O4S. The number of fused-ring (bicyclic) bond motifs is 1. The van der Waals surface area contributed by atoms with E-state index in [0.717, 1.165) is 5.70 Å². The second kappa shape index (κ2) is 6.88. The second-order valence-corrected chi connectivity index (χ2v) is 8.58. The highest BCUT2D eigenvalue weighted by Gasteiger charge is 2.43. The Kier molecular flexibility index (Phi) is 4.61. The van der Waals surface area contributed by atoms with E-state index in [-0.39, 0.29) is 21.5 Å². The molecule has 7 nitrogen and oxygen atoms in total. The lowest BCUT2D eigenvalue weighted by Gasteiger charge is -2.39. The minimum Gasteiger partial charge on any atom is -0.493 e. The Bertz CT molecular complexity index is 1160. The van der Waals surface area contributed by atoms with Gasteiger partial charge in [0.05, 0.1) is 25.7 Å². The number of allylic oxidation sites excluding steroid dienone is 2. The van der Waals surface area contributed by atoms with Gasteiger partial charge in [-0.25, -0.2) is 0 Å². The molecular weight excluding hydrogens is 390 g/mol. The van der Waals surface area contributed by atoms with Gasteiger partial charge in [-0.2, -0.15) is 0 Å². The van der Waals surface area contributed by atoms with E-state index < -0.39 is 5.92 Å². The van der Waals surface area contributed by atoms with Crippen molar-refractivity contribution in [3.05, 3.63) is 55.7 Å². The molecule has 0 spiro atoms. The molecule has 0 amide bonds. The van der Waals surface area contributed by atoms with Gasteiger partial charge >= 0.3 is 0 Å². The molecule has 29 heavy (non-hydrogen) atoms. The van der Waals surface area contributed by atoms with Gasteiger partial charge in [0.25, 0.3) is 5.56 Å². The largest absolute Gasteiger partial charge is 0.493 e. The fourth-order valence-electron chi connectivity index (χ4n) is 4.40. The number of aromatic nitrogens is 2. The number of aromatic amines is 2. The molecule has 2 aliphatic rings. The van der Waals surface area contributed by atoms with Gasteiger partial charge in [-0.1, -0.05) is 26.0 Å². The standard InChI is InChI=1S/C21H23N3O4S/c1-21(2)8-11-15(12(25)9-21)14(10-6-5-7-13(27-3)17(10)28-4)16-18(22-11)23-20(29)24-19(16)26/h5-7,14H,8-9H2,1-4H3,(H3,22,23,24,26,29)/t14-/m1/s1. The molecule has 152 valence electrons. The Morgan fingerprint density at radius 3 is 2.55 bits per heavy atom. The van der Waals surface area contributed by atoms with E-state index in [9.17, 15) is 9.59 Å². The van der Waals surface area contributed by atoms with Crippen LogP contribution in [0.15, 0.2) is 34.3 Å². The van der Waals surface area contributed by atoms with Crippen LogP contribution in [0.3, 0.4) is 0 Å². The zero-order chi connectivity index (χ0) is 20.9. The van der Waals surface area contributed by atoms with E-state index in [2.05, 4.69) is 29.1 Å². The summed E-state index contributed by atoms with van der Waals surface area (Å²) >= 11 is 5.16. The van der Waals surface area contributed by atoms with Crippen LogP contribution in [0.5, 0.6) is 11.5 Å². The molecule has 8 heteroatoms. The summed E-state index contributed by atoms with van der Waals surface area (Å²) in [5, 5.41) is 3.28. The molecule has 1 atom stereocenters. The van der Waals surface area contributed by atoms with E-state index >= 15 is 0 Å². The van der Waals surface area contributed by atoms with Crippen molar-refractivity contribution in [1.29, 1.82) is 0 Å². The van der Waals surface area contributed by atoms with Crippen molar-refractivity contribution in [3.63, 3.8) is 0 Å². The number of rotatable bonds is 3. The van der Waals surface area contributed by atoms with Gasteiger partial charge in [0, 0.05) is 23.3 Å². The Hall–Kier alpha value is -2.87. The third kappa shape index (κ3) is 3.17. The molecule has 0 bridgehead atoms. The van der Waals surface area contributed by atoms with Crippen LogP contribution >= 0.6 is 12.2 Å². The second-order valence-electron chi connectivity index (χ2n) is 8.17. The highest BCUT2D eigenvalue weighted by molar-refractivity contribution is 7.71. The first-order valence-electron chi connectivity index (χ1n) is 9.36. The highest BCUT2D eigenvalue weighted by atomic mass is 32.1. The van der Waals surface area contributed by atoms with E-state index in [1.54, 1.807) is 20.3 Å². The summed E-state index contributed by atoms with van der Waals surface area (Å²) in [7, 11) is 3.11. The van der Waals surface area contributed by atoms with Crippen LogP contribution in [0.25, 0.3) is 0 Å². The smallest absolute Gasteiger partial charge is 0.257 e. The Morgan fingerprint density at radius 1 is 1.10 bits per heavy atom. The molecule has 4 rings (SSSR count).